The SMILES string of the molecule is c1ccc(-c2ccc(-c3nc(-c4ccc(-n5c6ccccc6c6c7c8c9ccccc9ccc8n8c9ccccc9c(cc65)c78)cc4)nc4c3sc3ccccc34)cc2)cc1. The summed E-state index contributed by atoms with van der Waals surface area (Å²) in [5, 5.41) is 11.4. The van der Waals surface area contributed by atoms with Gasteiger partial charge in [0, 0.05) is 59.2 Å². The molecule has 0 amide bonds. The second kappa shape index (κ2) is 12.3. The van der Waals surface area contributed by atoms with Crippen molar-refractivity contribution in [3.05, 3.63) is 194 Å². The number of para-hydroxylation sites is 2. The lowest BCUT2D eigenvalue weighted by Crippen LogP contribution is -1.96. The van der Waals surface area contributed by atoms with Gasteiger partial charge in [-0.3, -0.25) is 0 Å². The fraction of sp³-hybridized carbons (Fsp3) is 0. The van der Waals surface area contributed by atoms with E-state index in [1.54, 1.807) is 11.3 Å². The van der Waals surface area contributed by atoms with Crippen LogP contribution in [0.5, 0.6) is 0 Å². The van der Waals surface area contributed by atoms with Crippen molar-refractivity contribution in [3.63, 3.8) is 0 Å². The maximum atomic E-state index is 5.35. The lowest BCUT2D eigenvalue weighted by molar-refractivity contribution is 1.18. The highest BCUT2D eigenvalue weighted by molar-refractivity contribution is 7.26. The molecule has 0 atom stereocenters. The van der Waals surface area contributed by atoms with Crippen molar-refractivity contribution in [1.82, 2.24) is 18.9 Å². The van der Waals surface area contributed by atoms with Crippen LogP contribution in [0.4, 0.5) is 0 Å². The molecule has 14 rings (SSSR count). The van der Waals surface area contributed by atoms with Crippen molar-refractivity contribution >= 4 is 102 Å². The summed E-state index contributed by atoms with van der Waals surface area (Å²) in [5.41, 5.74) is 13.7. The normalized spacial score (nSPS) is 12.3. The number of aromatic nitrogens is 4. The quantitative estimate of drug-likeness (QED) is 0.178. The van der Waals surface area contributed by atoms with Gasteiger partial charge >= 0.3 is 0 Å². The molecule has 282 valence electrons. The Bertz CT molecular complexity index is 4080. The highest BCUT2D eigenvalue weighted by atomic mass is 32.1. The summed E-state index contributed by atoms with van der Waals surface area (Å²) < 4.78 is 7.27. The molecule has 0 N–H and O–H groups in total. The molecule has 0 aliphatic rings. The number of hydrogen-bond donors (Lipinski definition) is 0. The average Bonchev–Trinajstić information content (AvgIpc) is 4.07. The van der Waals surface area contributed by atoms with Crippen LogP contribution in [0.15, 0.2) is 194 Å². The van der Waals surface area contributed by atoms with Crippen molar-refractivity contribution in [2.45, 2.75) is 0 Å². The van der Waals surface area contributed by atoms with E-state index in [2.05, 4.69) is 203 Å². The second-order valence-corrected chi connectivity index (χ2v) is 17.1. The molecular weight excluding hydrogens is 761 g/mol. The Morgan fingerprint density at radius 2 is 1.03 bits per heavy atom. The van der Waals surface area contributed by atoms with Crippen molar-refractivity contribution in [3.8, 4) is 39.5 Å². The Balaban J connectivity index is 0.992. The van der Waals surface area contributed by atoms with E-state index in [1.807, 2.05) is 0 Å². The summed E-state index contributed by atoms with van der Waals surface area (Å²) in [4.78, 5) is 10.7. The van der Waals surface area contributed by atoms with Crippen molar-refractivity contribution in [1.29, 1.82) is 0 Å². The van der Waals surface area contributed by atoms with Crippen LogP contribution in [0.3, 0.4) is 0 Å². The second-order valence-electron chi connectivity index (χ2n) is 16.1. The fourth-order valence-corrected chi connectivity index (χ4v) is 11.3. The number of nitrogens with zero attached hydrogens (tertiary/aromatic N) is 4. The molecule has 0 bridgehead atoms. The monoisotopic (exact) mass is 792 g/mol. The van der Waals surface area contributed by atoms with E-state index in [-0.39, 0.29) is 0 Å². The molecule has 0 spiro atoms. The standard InChI is InChI=1S/C56H32N4S/c1-2-12-33(13-3-1)34-22-24-36(25-23-34)52-55-53(42-18-8-11-21-48(42)61-55)58-56(57-52)37-26-29-38(30-27-37)59-45-20-10-7-17-41(45)50-47(59)32-43-40-16-6-9-19-44(40)60-46-31-28-35-14-4-5-15-39(35)49(46)51(50)54(43)60/h1-32H. The molecule has 14 aromatic rings. The Morgan fingerprint density at radius 1 is 0.393 bits per heavy atom. The fourth-order valence-electron chi connectivity index (χ4n) is 10.2. The van der Waals surface area contributed by atoms with Gasteiger partial charge in [0.25, 0.3) is 0 Å². The number of hydrogen-bond acceptors (Lipinski definition) is 3. The molecule has 0 unspecified atom stereocenters. The van der Waals surface area contributed by atoms with Gasteiger partial charge in [-0.2, -0.15) is 0 Å². The minimum Gasteiger partial charge on any atom is -0.309 e. The largest absolute Gasteiger partial charge is 0.309 e. The van der Waals surface area contributed by atoms with E-state index in [0.29, 0.717) is 0 Å². The summed E-state index contributed by atoms with van der Waals surface area (Å²) in [7, 11) is 0. The first-order chi connectivity index (χ1) is 30.3. The molecule has 61 heavy (non-hydrogen) atoms. The first-order valence-electron chi connectivity index (χ1n) is 20.7. The van der Waals surface area contributed by atoms with Crippen molar-refractivity contribution < 1.29 is 0 Å². The van der Waals surface area contributed by atoms with Gasteiger partial charge in [-0.1, -0.05) is 140 Å². The van der Waals surface area contributed by atoms with E-state index >= 15 is 0 Å². The minimum absolute atomic E-state index is 0.721. The van der Waals surface area contributed by atoms with Crippen LogP contribution in [0.1, 0.15) is 0 Å². The summed E-state index contributed by atoms with van der Waals surface area (Å²) in [6.45, 7) is 0. The zero-order chi connectivity index (χ0) is 39.8. The van der Waals surface area contributed by atoms with Crippen molar-refractivity contribution in [2.24, 2.45) is 0 Å². The molecule has 5 aromatic heterocycles. The Kier molecular flexibility index (Phi) is 6.68. The highest BCUT2D eigenvalue weighted by Crippen LogP contribution is 2.48. The number of benzene rings is 9. The van der Waals surface area contributed by atoms with Crippen molar-refractivity contribution in [2.75, 3.05) is 0 Å². The molecular formula is C56H32N4S. The molecule has 0 fully saturated rings. The van der Waals surface area contributed by atoms with E-state index in [4.69, 9.17) is 9.97 Å². The van der Waals surface area contributed by atoms with Gasteiger partial charge in [-0.05, 0) is 76.5 Å². The first kappa shape index (κ1) is 33.0. The minimum atomic E-state index is 0.721. The van der Waals surface area contributed by atoms with E-state index < -0.39 is 0 Å². The highest BCUT2D eigenvalue weighted by Gasteiger charge is 2.25. The molecule has 4 nitrogen and oxygen atoms in total. The molecule has 0 saturated carbocycles. The summed E-state index contributed by atoms with van der Waals surface area (Å²) in [6, 6.07) is 70.4. The lowest BCUT2D eigenvalue weighted by atomic mass is 9.98. The smallest absolute Gasteiger partial charge is 0.160 e. The summed E-state index contributed by atoms with van der Waals surface area (Å²) >= 11 is 1.77. The molecule has 0 saturated heterocycles. The van der Waals surface area contributed by atoms with E-state index in [1.165, 1.54) is 86.5 Å². The maximum Gasteiger partial charge on any atom is 0.160 e. The zero-order valence-electron chi connectivity index (χ0n) is 32.7. The summed E-state index contributed by atoms with van der Waals surface area (Å²) in [5.74, 6) is 0.721. The number of thiophene rings is 1. The van der Waals surface area contributed by atoms with Crippen LogP contribution >= 0.6 is 11.3 Å². The first-order valence-corrected chi connectivity index (χ1v) is 21.6. The van der Waals surface area contributed by atoms with Gasteiger partial charge in [-0.15, -0.1) is 11.3 Å². The van der Waals surface area contributed by atoms with E-state index in [9.17, 15) is 0 Å². The Morgan fingerprint density at radius 3 is 1.87 bits per heavy atom. The van der Waals surface area contributed by atoms with Crippen LogP contribution in [-0.4, -0.2) is 18.9 Å². The summed E-state index contributed by atoms with van der Waals surface area (Å²) in [6.07, 6.45) is 0. The molecule has 0 aliphatic carbocycles. The van der Waals surface area contributed by atoms with Crippen LogP contribution < -0.4 is 0 Å². The third kappa shape index (κ3) is 4.58. The predicted molar refractivity (Wildman–Crippen MR) is 258 cm³/mol. The van der Waals surface area contributed by atoms with Crippen LogP contribution in [-0.2, 0) is 0 Å². The molecule has 0 radical (unpaired) electrons. The molecule has 5 heterocycles. The van der Waals surface area contributed by atoms with Crippen LogP contribution in [0.25, 0.3) is 130 Å². The Hall–Kier alpha value is -7.86. The van der Waals surface area contributed by atoms with Gasteiger partial charge in [0.05, 0.1) is 43.5 Å². The number of rotatable bonds is 4. The Labute approximate surface area is 353 Å². The maximum absolute atomic E-state index is 5.35. The molecule has 0 aliphatic heterocycles. The van der Waals surface area contributed by atoms with Gasteiger partial charge < -0.3 is 8.97 Å². The predicted octanol–water partition coefficient (Wildman–Crippen LogP) is 15.2. The van der Waals surface area contributed by atoms with E-state index in [0.717, 1.165) is 43.9 Å². The molecule has 5 heteroatoms. The van der Waals surface area contributed by atoms with Gasteiger partial charge in [0.1, 0.15) is 0 Å². The van der Waals surface area contributed by atoms with Gasteiger partial charge in [0.2, 0.25) is 0 Å². The van der Waals surface area contributed by atoms with Crippen LogP contribution in [0.2, 0.25) is 0 Å². The lowest BCUT2D eigenvalue weighted by Gasteiger charge is -2.11. The third-order valence-electron chi connectivity index (χ3n) is 12.9. The molecule has 9 aromatic carbocycles. The van der Waals surface area contributed by atoms with Gasteiger partial charge in [0.15, 0.2) is 5.82 Å². The average molecular weight is 793 g/mol. The third-order valence-corrected chi connectivity index (χ3v) is 14.0. The topological polar surface area (TPSA) is 35.1 Å². The van der Waals surface area contributed by atoms with Crippen LogP contribution in [0, 0.1) is 0 Å². The van der Waals surface area contributed by atoms with Gasteiger partial charge in [-0.25, -0.2) is 9.97 Å². The zero-order valence-corrected chi connectivity index (χ0v) is 33.5. The number of fused-ring (bicyclic) bond motifs is 15.